The van der Waals surface area contributed by atoms with Crippen LogP contribution in [0.3, 0.4) is 0 Å². The molecule has 2 aliphatic heterocycles. The highest BCUT2D eigenvalue weighted by molar-refractivity contribution is 8.00. The topological polar surface area (TPSA) is 83.8 Å². The van der Waals surface area contributed by atoms with Crippen LogP contribution in [0.15, 0.2) is 18.2 Å². The van der Waals surface area contributed by atoms with Gasteiger partial charge in [0.05, 0.1) is 9.79 Å². The standard InChI is InChI=1S/C18H22ClN3O4S/c1-12(2)16(23)21-9-10-27-18(21)5-7-20(8-6-18)17(24)13-3-4-14(19)15(11-13)22(25)26/h3-4,11-12H,5-10H2,1-2H3. The molecule has 1 aromatic rings. The number of thioether (sulfide) groups is 1. The number of piperidine rings is 1. The Hall–Kier alpha value is -1.80. The van der Waals surface area contributed by atoms with E-state index in [2.05, 4.69) is 0 Å². The van der Waals surface area contributed by atoms with E-state index in [1.54, 1.807) is 16.7 Å². The van der Waals surface area contributed by atoms with E-state index in [4.69, 9.17) is 11.6 Å². The fourth-order valence-corrected chi connectivity index (χ4v) is 5.32. The van der Waals surface area contributed by atoms with E-state index in [-0.39, 0.29) is 38.9 Å². The number of hydrogen-bond donors (Lipinski definition) is 0. The maximum absolute atomic E-state index is 12.8. The zero-order valence-electron chi connectivity index (χ0n) is 15.3. The van der Waals surface area contributed by atoms with Crippen LogP contribution in [0.1, 0.15) is 37.0 Å². The van der Waals surface area contributed by atoms with Crippen LogP contribution < -0.4 is 0 Å². The molecule has 2 saturated heterocycles. The Morgan fingerprint density at radius 3 is 2.52 bits per heavy atom. The lowest BCUT2D eigenvalue weighted by Crippen LogP contribution is -2.54. The highest BCUT2D eigenvalue weighted by Gasteiger charge is 2.47. The molecule has 2 aliphatic rings. The minimum absolute atomic E-state index is 0.0133. The Morgan fingerprint density at radius 2 is 1.93 bits per heavy atom. The van der Waals surface area contributed by atoms with E-state index < -0.39 is 4.92 Å². The van der Waals surface area contributed by atoms with Crippen LogP contribution in [0.4, 0.5) is 5.69 Å². The maximum atomic E-state index is 12.8. The minimum atomic E-state index is -0.588. The summed E-state index contributed by atoms with van der Waals surface area (Å²) in [5.74, 6) is 0.785. The van der Waals surface area contributed by atoms with E-state index in [0.717, 1.165) is 12.3 Å². The molecule has 0 bridgehead atoms. The number of nitrogens with zero attached hydrogens (tertiary/aromatic N) is 3. The van der Waals surface area contributed by atoms with Crippen molar-refractivity contribution in [1.82, 2.24) is 9.80 Å². The number of nitro benzene ring substituents is 1. The van der Waals surface area contributed by atoms with E-state index >= 15 is 0 Å². The first-order chi connectivity index (χ1) is 12.7. The van der Waals surface area contributed by atoms with Crippen LogP contribution in [-0.2, 0) is 4.79 Å². The molecule has 1 spiro atoms. The van der Waals surface area contributed by atoms with Crippen molar-refractivity contribution in [2.45, 2.75) is 31.6 Å². The first-order valence-electron chi connectivity index (χ1n) is 8.94. The van der Waals surface area contributed by atoms with Crippen molar-refractivity contribution in [3.8, 4) is 0 Å². The lowest BCUT2D eigenvalue weighted by atomic mass is 9.99. The molecule has 0 unspecified atom stereocenters. The summed E-state index contributed by atoms with van der Waals surface area (Å²) in [7, 11) is 0. The highest BCUT2D eigenvalue weighted by atomic mass is 35.5. The number of benzene rings is 1. The SMILES string of the molecule is CC(C)C(=O)N1CCSC12CCN(C(=O)c1ccc(Cl)c([N+](=O)[O-])c1)CC2. The summed E-state index contributed by atoms with van der Waals surface area (Å²) in [6.45, 7) is 5.60. The third kappa shape index (κ3) is 3.78. The molecular weight excluding hydrogens is 390 g/mol. The van der Waals surface area contributed by atoms with Gasteiger partial charge in [-0.3, -0.25) is 19.7 Å². The molecule has 9 heteroatoms. The van der Waals surface area contributed by atoms with Crippen molar-refractivity contribution in [3.63, 3.8) is 0 Å². The van der Waals surface area contributed by atoms with Crippen LogP contribution in [0.2, 0.25) is 5.02 Å². The van der Waals surface area contributed by atoms with Gasteiger partial charge in [-0.05, 0) is 25.0 Å². The van der Waals surface area contributed by atoms with E-state index in [1.807, 2.05) is 18.7 Å². The second kappa shape index (κ2) is 7.67. The molecule has 146 valence electrons. The van der Waals surface area contributed by atoms with Gasteiger partial charge in [0.25, 0.3) is 11.6 Å². The average molecular weight is 412 g/mol. The summed E-state index contributed by atoms with van der Waals surface area (Å²) in [6, 6.07) is 4.13. The molecule has 0 N–H and O–H groups in total. The van der Waals surface area contributed by atoms with Gasteiger partial charge < -0.3 is 9.80 Å². The van der Waals surface area contributed by atoms with Gasteiger partial charge in [0, 0.05) is 42.9 Å². The zero-order valence-corrected chi connectivity index (χ0v) is 16.9. The number of halogens is 1. The summed E-state index contributed by atoms with van der Waals surface area (Å²) in [4.78, 5) is 39.3. The summed E-state index contributed by atoms with van der Waals surface area (Å²) in [6.07, 6.45) is 1.41. The molecule has 0 radical (unpaired) electrons. The molecule has 2 fully saturated rings. The van der Waals surface area contributed by atoms with Gasteiger partial charge >= 0.3 is 0 Å². The van der Waals surface area contributed by atoms with Gasteiger partial charge in [0.15, 0.2) is 0 Å². The van der Waals surface area contributed by atoms with Crippen molar-refractivity contribution < 1.29 is 14.5 Å². The number of likely N-dealkylation sites (tertiary alicyclic amines) is 1. The zero-order chi connectivity index (χ0) is 19.8. The number of rotatable bonds is 3. The van der Waals surface area contributed by atoms with Crippen LogP contribution in [0.25, 0.3) is 0 Å². The van der Waals surface area contributed by atoms with E-state index in [9.17, 15) is 19.7 Å². The molecular formula is C18H22ClN3O4S. The number of carbonyl (C=O) groups excluding carboxylic acids is 2. The Balaban J connectivity index is 1.72. The first kappa shape index (κ1) is 19.9. The second-order valence-electron chi connectivity index (χ2n) is 7.15. The van der Waals surface area contributed by atoms with Crippen LogP contribution >= 0.6 is 23.4 Å². The number of nitro groups is 1. The van der Waals surface area contributed by atoms with Crippen molar-refractivity contribution in [2.75, 3.05) is 25.4 Å². The number of carbonyl (C=O) groups is 2. The van der Waals surface area contributed by atoms with Gasteiger partial charge in [0.2, 0.25) is 5.91 Å². The highest BCUT2D eigenvalue weighted by Crippen LogP contribution is 2.44. The molecule has 3 rings (SSSR count). The Kier molecular flexibility index (Phi) is 5.67. The van der Waals surface area contributed by atoms with Crippen LogP contribution in [0, 0.1) is 16.0 Å². The van der Waals surface area contributed by atoms with Crippen molar-refractivity contribution >= 4 is 40.9 Å². The van der Waals surface area contributed by atoms with Crippen LogP contribution in [-0.4, -0.2) is 56.8 Å². The van der Waals surface area contributed by atoms with Crippen molar-refractivity contribution in [1.29, 1.82) is 0 Å². The molecule has 27 heavy (non-hydrogen) atoms. The minimum Gasteiger partial charge on any atom is -0.338 e. The lowest BCUT2D eigenvalue weighted by Gasteiger charge is -2.44. The summed E-state index contributed by atoms with van der Waals surface area (Å²) >= 11 is 7.63. The monoisotopic (exact) mass is 411 g/mol. The number of amides is 2. The van der Waals surface area contributed by atoms with Crippen molar-refractivity contribution in [2.24, 2.45) is 5.92 Å². The van der Waals surface area contributed by atoms with Gasteiger partial charge in [-0.2, -0.15) is 0 Å². The third-order valence-corrected chi connectivity index (χ3v) is 7.03. The quantitative estimate of drug-likeness (QED) is 0.562. The summed E-state index contributed by atoms with van der Waals surface area (Å²) in [5.41, 5.74) is -0.00714. The Labute approximate surface area is 167 Å². The van der Waals surface area contributed by atoms with Gasteiger partial charge in [-0.25, -0.2) is 0 Å². The van der Waals surface area contributed by atoms with Crippen LogP contribution in [0.5, 0.6) is 0 Å². The number of hydrogen-bond acceptors (Lipinski definition) is 5. The molecule has 1 aromatic carbocycles. The smallest absolute Gasteiger partial charge is 0.288 e. The largest absolute Gasteiger partial charge is 0.338 e. The van der Waals surface area contributed by atoms with E-state index in [1.165, 1.54) is 18.2 Å². The maximum Gasteiger partial charge on any atom is 0.288 e. The molecule has 2 heterocycles. The molecule has 7 nitrogen and oxygen atoms in total. The molecule has 0 aromatic heterocycles. The molecule has 2 amide bonds. The molecule has 0 atom stereocenters. The fraction of sp³-hybridized carbons (Fsp3) is 0.556. The Morgan fingerprint density at radius 1 is 1.26 bits per heavy atom. The first-order valence-corrected chi connectivity index (χ1v) is 10.3. The fourth-order valence-electron chi connectivity index (χ4n) is 3.67. The van der Waals surface area contributed by atoms with Gasteiger partial charge in [-0.15, -0.1) is 11.8 Å². The average Bonchev–Trinajstić information content (AvgIpc) is 3.04. The third-order valence-electron chi connectivity index (χ3n) is 5.16. The van der Waals surface area contributed by atoms with Gasteiger partial charge in [0.1, 0.15) is 5.02 Å². The van der Waals surface area contributed by atoms with Crippen molar-refractivity contribution in [3.05, 3.63) is 38.9 Å². The lowest BCUT2D eigenvalue weighted by molar-refractivity contribution is -0.384. The Bertz CT molecular complexity index is 778. The molecule has 0 saturated carbocycles. The molecule has 0 aliphatic carbocycles. The normalized spacial score (nSPS) is 19.0. The predicted molar refractivity (Wildman–Crippen MR) is 105 cm³/mol. The summed E-state index contributed by atoms with van der Waals surface area (Å²) in [5, 5.41) is 11.1. The van der Waals surface area contributed by atoms with E-state index in [0.29, 0.717) is 25.9 Å². The predicted octanol–water partition coefficient (Wildman–Crippen LogP) is 3.41. The second-order valence-corrected chi connectivity index (χ2v) is 9.02. The van der Waals surface area contributed by atoms with Gasteiger partial charge in [-0.1, -0.05) is 25.4 Å². The summed E-state index contributed by atoms with van der Waals surface area (Å²) < 4.78 is 0.